The van der Waals surface area contributed by atoms with Crippen LogP contribution in [0.25, 0.3) is 0 Å². The van der Waals surface area contributed by atoms with Crippen LogP contribution < -0.4 is 5.73 Å². The summed E-state index contributed by atoms with van der Waals surface area (Å²) in [6, 6.07) is 4.27. The van der Waals surface area contributed by atoms with Crippen molar-refractivity contribution in [3.8, 4) is 0 Å². The van der Waals surface area contributed by atoms with E-state index in [1.165, 1.54) is 22.3 Å². The van der Waals surface area contributed by atoms with Gasteiger partial charge < -0.3 is 5.73 Å². The highest BCUT2D eigenvalue weighted by atomic mass is 14.5. The molecule has 0 spiro atoms. The van der Waals surface area contributed by atoms with Crippen molar-refractivity contribution < 1.29 is 0 Å². The van der Waals surface area contributed by atoms with Crippen molar-refractivity contribution in [3.63, 3.8) is 0 Å². The molecule has 0 aliphatic carbocycles. The van der Waals surface area contributed by atoms with Crippen LogP contribution in [0.3, 0.4) is 0 Å². The van der Waals surface area contributed by atoms with Gasteiger partial charge in [-0.1, -0.05) is 12.1 Å². The molecule has 0 radical (unpaired) electrons. The molecule has 1 heteroatoms. The Hall–Kier alpha value is -0.820. The predicted octanol–water partition coefficient (Wildman–Crippen LogP) is 2.07. The van der Waals surface area contributed by atoms with Crippen LogP contribution in [0, 0.1) is 20.8 Å². The SMILES string of the molecule is Cc1ccc(C)c(CN)c1C. The normalized spacial score (nSPS) is 10.2. The predicted molar refractivity (Wildman–Crippen MR) is 48.5 cm³/mol. The Morgan fingerprint density at radius 2 is 1.64 bits per heavy atom. The first-order valence-corrected chi connectivity index (χ1v) is 3.92. The summed E-state index contributed by atoms with van der Waals surface area (Å²) < 4.78 is 0. The smallest absolute Gasteiger partial charge is 0.0183 e. The molecule has 0 saturated carbocycles. The third-order valence-corrected chi connectivity index (χ3v) is 2.31. The Morgan fingerprint density at radius 1 is 1.09 bits per heavy atom. The largest absolute Gasteiger partial charge is 0.326 e. The van der Waals surface area contributed by atoms with Gasteiger partial charge in [0.05, 0.1) is 0 Å². The average molecular weight is 149 g/mol. The van der Waals surface area contributed by atoms with E-state index in [4.69, 9.17) is 5.73 Å². The molecule has 0 bridgehead atoms. The topological polar surface area (TPSA) is 26.0 Å². The van der Waals surface area contributed by atoms with Gasteiger partial charge in [-0.15, -0.1) is 0 Å². The molecule has 60 valence electrons. The Bertz CT molecular complexity index is 264. The van der Waals surface area contributed by atoms with Gasteiger partial charge in [-0.2, -0.15) is 0 Å². The van der Waals surface area contributed by atoms with Crippen LogP contribution >= 0.6 is 0 Å². The first-order chi connectivity index (χ1) is 5.16. The van der Waals surface area contributed by atoms with E-state index in [0.717, 1.165) is 0 Å². The standard InChI is InChI=1S/C10H15N/c1-7-4-5-8(2)10(6-11)9(7)3/h4-5H,6,11H2,1-3H3. The van der Waals surface area contributed by atoms with Crippen molar-refractivity contribution >= 4 is 0 Å². The molecule has 0 aliphatic heterocycles. The quantitative estimate of drug-likeness (QED) is 0.650. The summed E-state index contributed by atoms with van der Waals surface area (Å²) in [5, 5.41) is 0. The minimum absolute atomic E-state index is 0.652. The van der Waals surface area contributed by atoms with Gasteiger partial charge in [0.15, 0.2) is 0 Å². The minimum Gasteiger partial charge on any atom is -0.326 e. The van der Waals surface area contributed by atoms with E-state index in [2.05, 4.69) is 32.9 Å². The molecule has 0 unspecified atom stereocenters. The monoisotopic (exact) mass is 149 g/mol. The molecule has 0 atom stereocenters. The maximum absolute atomic E-state index is 5.62. The molecule has 0 heterocycles. The van der Waals surface area contributed by atoms with Crippen molar-refractivity contribution in [3.05, 3.63) is 34.4 Å². The zero-order valence-corrected chi connectivity index (χ0v) is 7.44. The fourth-order valence-electron chi connectivity index (χ4n) is 1.32. The van der Waals surface area contributed by atoms with E-state index < -0.39 is 0 Å². The summed E-state index contributed by atoms with van der Waals surface area (Å²) in [5.74, 6) is 0. The highest BCUT2D eigenvalue weighted by Crippen LogP contribution is 2.16. The number of aryl methyl sites for hydroxylation is 2. The van der Waals surface area contributed by atoms with Crippen molar-refractivity contribution in [2.45, 2.75) is 27.3 Å². The molecule has 1 rings (SSSR count). The van der Waals surface area contributed by atoms with Gasteiger partial charge in [0, 0.05) is 6.54 Å². The van der Waals surface area contributed by atoms with E-state index in [9.17, 15) is 0 Å². The summed E-state index contributed by atoms with van der Waals surface area (Å²) in [6.07, 6.45) is 0. The van der Waals surface area contributed by atoms with Crippen molar-refractivity contribution in [1.29, 1.82) is 0 Å². The molecular weight excluding hydrogens is 134 g/mol. The highest BCUT2D eigenvalue weighted by Gasteiger charge is 2.01. The Kier molecular flexibility index (Phi) is 2.30. The van der Waals surface area contributed by atoms with Gasteiger partial charge in [0.2, 0.25) is 0 Å². The zero-order valence-electron chi connectivity index (χ0n) is 7.44. The maximum atomic E-state index is 5.62. The molecule has 0 saturated heterocycles. The van der Waals surface area contributed by atoms with E-state index in [1.54, 1.807) is 0 Å². The third kappa shape index (κ3) is 1.43. The molecule has 0 fully saturated rings. The Labute approximate surface area is 68.2 Å². The number of nitrogens with two attached hydrogens (primary N) is 1. The number of hydrogen-bond acceptors (Lipinski definition) is 1. The van der Waals surface area contributed by atoms with Gasteiger partial charge in [-0.05, 0) is 43.0 Å². The lowest BCUT2D eigenvalue weighted by Crippen LogP contribution is -2.02. The number of benzene rings is 1. The summed E-state index contributed by atoms with van der Waals surface area (Å²) in [5.41, 5.74) is 10.9. The van der Waals surface area contributed by atoms with Gasteiger partial charge in [-0.3, -0.25) is 0 Å². The molecule has 2 N–H and O–H groups in total. The van der Waals surface area contributed by atoms with Crippen LogP contribution in [-0.2, 0) is 6.54 Å². The molecule has 0 aromatic heterocycles. The molecule has 1 aromatic rings. The lowest BCUT2D eigenvalue weighted by molar-refractivity contribution is 1.02. The van der Waals surface area contributed by atoms with E-state index in [-0.39, 0.29) is 0 Å². The van der Waals surface area contributed by atoms with Crippen molar-refractivity contribution in [2.24, 2.45) is 5.73 Å². The Balaban J connectivity index is 3.29. The van der Waals surface area contributed by atoms with E-state index >= 15 is 0 Å². The summed E-state index contributed by atoms with van der Waals surface area (Å²) in [4.78, 5) is 0. The second-order valence-corrected chi connectivity index (χ2v) is 3.01. The van der Waals surface area contributed by atoms with E-state index in [1.807, 2.05) is 0 Å². The number of hydrogen-bond donors (Lipinski definition) is 1. The fraction of sp³-hybridized carbons (Fsp3) is 0.400. The van der Waals surface area contributed by atoms with Crippen LogP contribution in [0.15, 0.2) is 12.1 Å². The van der Waals surface area contributed by atoms with Crippen LogP contribution in [0.2, 0.25) is 0 Å². The minimum atomic E-state index is 0.652. The van der Waals surface area contributed by atoms with Gasteiger partial charge >= 0.3 is 0 Å². The number of rotatable bonds is 1. The van der Waals surface area contributed by atoms with Gasteiger partial charge in [0.25, 0.3) is 0 Å². The second-order valence-electron chi connectivity index (χ2n) is 3.01. The zero-order chi connectivity index (χ0) is 8.43. The molecular formula is C10H15N. The van der Waals surface area contributed by atoms with Crippen molar-refractivity contribution in [2.75, 3.05) is 0 Å². The fourth-order valence-corrected chi connectivity index (χ4v) is 1.32. The summed E-state index contributed by atoms with van der Waals surface area (Å²) in [7, 11) is 0. The van der Waals surface area contributed by atoms with Crippen molar-refractivity contribution in [1.82, 2.24) is 0 Å². The molecule has 1 nitrogen and oxygen atoms in total. The Morgan fingerprint density at radius 3 is 2.09 bits per heavy atom. The van der Waals surface area contributed by atoms with Crippen LogP contribution in [0.1, 0.15) is 22.3 Å². The lowest BCUT2D eigenvalue weighted by Gasteiger charge is -2.09. The van der Waals surface area contributed by atoms with Crippen LogP contribution in [0.5, 0.6) is 0 Å². The van der Waals surface area contributed by atoms with Gasteiger partial charge in [-0.25, -0.2) is 0 Å². The lowest BCUT2D eigenvalue weighted by atomic mass is 9.99. The summed E-state index contributed by atoms with van der Waals surface area (Å²) in [6.45, 7) is 7.01. The maximum Gasteiger partial charge on any atom is 0.0183 e. The molecule has 0 amide bonds. The van der Waals surface area contributed by atoms with Gasteiger partial charge in [0.1, 0.15) is 0 Å². The molecule has 1 aromatic carbocycles. The van der Waals surface area contributed by atoms with E-state index in [0.29, 0.717) is 6.54 Å². The molecule has 0 aliphatic rings. The van der Waals surface area contributed by atoms with Crippen LogP contribution in [0.4, 0.5) is 0 Å². The summed E-state index contributed by atoms with van der Waals surface area (Å²) >= 11 is 0. The molecule has 11 heavy (non-hydrogen) atoms. The first kappa shape index (κ1) is 8.28. The first-order valence-electron chi connectivity index (χ1n) is 3.92. The third-order valence-electron chi connectivity index (χ3n) is 2.31. The average Bonchev–Trinajstić information content (AvgIpc) is 1.99. The van der Waals surface area contributed by atoms with Crippen LogP contribution in [-0.4, -0.2) is 0 Å². The highest BCUT2D eigenvalue weighted by molar-refractivity contribution is 5.38. The second kappa shape index (κ2) is 3.05.